The molecule has 0 radical (unpaired) electrons. The van der Waals surface area contributed by atoms with Gasteiger partial charge in [0.15, 0.2) is 0 Å². The van der Waals surface area contributed by atoms with E-state index in [0.29, 0.717) is 19.3 Å². The molecule has 65 heavy (non-hydrogen) atoms. The second-order valence-electron chi connectivity index (χ2n) is 18.2. The van der Waals surface area contributed by atoms with Gasteiger partial charge in [-0.25, -0.2) is 4.57 Å². The molecule has 1 aliphatic carbocycles. The molecule has 0 saturated heterocycles. The molecule has 13 nitrogen and oxygen atoms in total. The number of aliphatic hydroxyl groups is 7. The molecule has 0 spiro atoms. The first-order valence-corrected chi connectivity index (χ1v) is 27.2. The van der Waals surface area contributed by atoms with Gasteiger partial charge in [0.2, 0.25) is 5.91 Å². The first-order chi connectivity index (χ1) is 31.3. The molecule has 1 saturated carbocycles. The highest BCUT2D eigenvalue weighted by atomic mass is 31.2. The highest BCUT2D eigenvalue weighted by Gasteiger charge is 2.51. The molecule has 1 rings (SSSR count). The Labute approximate surface area is 393 Å². The Bertz CT molecular complexity index is 1300. The number of phosphoric ester groups is 1. The lowest BCUT2D eigenvalue weighted by atomic mass is 9.85. The summed E-state index contributed by atoms with van der Waals surface area (Å²) in [6.07, 6.45) is 34.8. The van der Waals surface area contributed by atoms with E-state index >= 15 is 0 Å². The number of aliphatic hydroxyl groups excluding tert-OH is 7. The molecule has 0 aliphatic heterocycles. The van der Waals surface area contributed by atoms with Crippen LogP contribution in [0.3, 0.4) is 0 Å². The van der Waals surface area contributed by atoms with Crippen molar-refractivity contribution in [3.63, 3.8) is 0 Å². The molecule has 0 aromatic rings. The van der Waals surface area contributed by atoms with E-state index < -0.39 is 75.2 Å². The Morgan fingerprint density at radius 2 is 0.908 bits per heavy atom. The Morgan fingerprint density at radius 3 is 1.35 bits per heavy atom. The number of phosphoric acid groups is 1. The second kappa shape index (κ2) is 40.2. The molecular formula is C51H94NO12P. The molecule has 8 atom stereocenters. The quantitative estimate of drug-likeness (QED) is 0.0158. The summed E-state index contributed by atoms with van der Waals surface area (Å²) in [6.45, 7) is 3.73. The molecule has 0 aromatic carbocycles. The smallest absolute Gasteiger partial charge is 0.393 e. The summed E-state index contributed by atoms with van der Waals surface area (Å²) < 4.78 is 22.9. The van der Waals surface area contributed by atoms with E-state index in [1.807, 2.05) is 0 Å². The summed E-state index contributed by atoms with van der Waals surface area (Å²) in [5.74, 6) is -0.612. The van der Waals surface area contributed by atoms with Crippen LogP contribution in [0.2, 0.25) is 0 Å². The molecule has 9 N–H and O–H groups in total. The number of hydrogen-bond donors (Lipinski definition) is 9. The SMILES string of the molecule is CCCCCCCCC/C=C/CC/C=C/CC/C=C/C(O)C(COP(=O)(O)OC1C(O)C(O)C(O)C(O)C1O)NC(=O)CC(O)CCCCCCC/C=C\CCCCCCCCCCC. The summed E-state index contributed by atoms with van der Waals surface area (Å²) in [6, 6.07) is -1.27. The first-order valence-electron chi connectivity index (χ1n) is 25.7. The van der Waals surface area contributed by atoms with E-state index in [0.717, 1.165) is 64.2 Å². The minimum Gasteiger partial charge on any atom is -0.393 e. The minimum absolute atomic E-state index is 0.262. The fraction of sp³-hybridized carbons (Fsp3) is 0.824. The molecule has 0 aromatic heterocycles. The third-order valence-corrected chi connectivity index (χ3v) is 13.1. The molecule has 0 bridgehead atoms. The molecule has 1 amide bonds. The van der Waals surface area contributed by atoms with E-state index in [-0.39, 0.29) is 6.42 Å². The van der Waals surface area contributed by atoms with Crippen LogP contribution in [0.15, 0.2) is 48.6 Å². The number of carbonyl (C=O) groups is 1. The third-order valence-electron chi connectivity index (χ3n) is 12.1. The number of allylic oxidation sites excluding steroid dienone is 7. The highest BCUT2D eigenvalue weighted by Crippen LogP contribution is 2.47. The van der Waals surface area contributed by atoms with Crippen LogP contribution in [0.5, 0.6) is 0 Å². The van der Waals surface area contributed by atoms with Gasteiger partial charge >= 0.3 is 7.82 Å². The van der Waals surface area contributed by atoms with Crippen LogP contribution >= 0.6 is 7.82 Å². The highest BCUT2D eigenvalue weighted by molar-refractivity contribution is 7.47. The van der Waals surface area contributed by atoms with Crippen LogP contribution in [0.25, 0.3) is 0 Å². The standard InChI is InChI=1S/C51H94NO12P/c1-3-5-7-9-11-13-15-17-19-21-23-24-26-28-30-32-34-36-38-42(53)40-45(55)52-43(41-63-65(61,62)64-51-49(59)47(57)46(56)48(58)50(51)60)44(54)39-37-35-33-31-29-27-25-22-20-18-16-14-12-10-8-6-4-2/h20,22-24,29,31,37,39,42-44,46-51,53-54,56-60H,3-19,21,25-28,30,32-36,38,40-41H2,1-2H3,(H,52,55)(H,61,62)/b22-20+,24-23-,31-29+,39-37+. The molecule has 14 heteroatoms. The molecular weight excluding hydrogens is 850 g/mol. The largest absolute Gasteiger partial charge is 0.472 e. The summed E-state index contributed by atoms with van der Waals surface area (Å²) in [5.41, 5.74) is 0. The normalized spacial score (nSPS) is 22.9. The van der Waals surface area contributed by atoms with Crippen molar-refractivity contribution < 1.29 is 59.0 Å². The zero-order valence-corrected chi connectivity index (χ0v) is 41.3. The van der Waals surface area contributed by atoms with Crippen LogP contribution in [0, 0.1) is 0 Å². The number of hydrogen-bond acceptors (Lipinski definition) is 11. The predicted molar refractivity (Wildman–Crippen MR) is 261 cm³/mol. The topological polar surface area (TPSA) is 226 Å². The average Bonchev–Trinajstić information content (AvgIpc) is 3.28. The predicted octanol–water partition coefficient (Wildman–Crippen LogP) is 9.48. The monoisotopic (exact) mass is 944 g/mol. The number of nitrogens with one attached hydrogen (secondary N) is 1. The van der Waals surface area contributed by atoms with Gasteiger partial charge < -0.3 is 46.0 Å². The van der Waals surface area contributed by atoms with Crippen molar-refractivity contribution in [2.24, 2.45) is 0 Å². The number of rotatable bonds is 42. The summed E-state index contributed by atoms with van der Waals surface area (Å²) >= 11 is 0. The molecule has 8 unspecified atom stereocenters. The number of unbranched alkanes of at least 4 members (excludes halogenated alkanes) is 23. The van der Waals surface area contributed by atoms with Gasteiger partial charge in [-0.15, -0.1) is 0 Å². The van der Waals surface area contributed by atoms with Crippen LogP contribution in [-0.2, 0) is 18.4 Å². The van der Waals surface area contributed by atoms with E-state index in [1.54, 1.807) is 6.08 Å². The van der Waals surface area contributed by atoms with Gasteiger partial charge in [-0.1, -0.05) is 178 Å². The number of carbonyl (C=O) groups excluding carboxylic acids is 1. The summed E-state index contributed by atoms with van der Waals surface area (Å²) in [7, 11) is -5.16. The van der Waals surface area contributed by atoms with Crippen LogP contribution in [-0.4, -0.2) is 108 Å². The van der Waals surface area contributed by atoms with Crippen LogP contribution < -0.4 is 5.32 Å². The molecule has 380 valence electrons. The van der Waals surface area contributed by atoms with Crippen LogP contribution in [0.4, 0.5) is 0 Å². The van der Waals surface area contributed by atoms with Crippen molar-refractivity contribution in [3.8, 4) is 0 Å². The fourth-order valence-corrected chi connectivity index (χ4v) is 8.88. The maximum atomic E-state index is 13.0. The van der Waals surface area contributed by atoms with Crippen molar-refractivity contribution in [1.29, 1.82) is 0 Å². The van der Waals surface area contributed by atoms with E-state index in [9.17, 15) is 50.0 Å². The van der Waals surface area contributed by atoms with Gasteiger partial charge in [0.05, 0.1) is 31.3 Å². The minimum atomic E-state index is -5.16. The molecule has 0 heterocycles. The maximum absolute atomic E-state index is 13.0. The second-order valence-corrected chi connectivity index (χ2v) is 19.6. The lowest BCUT2D eigenvalue weighted by molar-refractivity contribution is -0.220. The van der Waals surface area contributed by atoms with Gasteiger partial charge in [0, 0.05) is 0 Å². The zero-order valence-electron chi connectivity index (χ0n) is 40.4. The Morgan fingerprint density at radius 1 is 0.538 bits per heavy atom. The fourth-order valence-electron chi connectivity index (χ4n) is 7.91. The van der Waals surface area contributed by atoms with Gasteiger partial charge in [-0.2, -0.15) is 0 Å². The Hall–Kier alpha value is -1.74. The van der Waals surface area contributed by atoms with E-state index in [2.05, 4.69) is 55.6 Å². The third kappa shape index (κ3) is 31.8. The zero-order chi connectivity index (χ0) is 48.0. The van der Waals surface area contributed by atoms with Crippen molar-refractivity contribution >= 4 is 13.7 Å². The lowest BCUT2D eigenvalue weighted by Crippen LogP contribution is -2.64. The Balaban J connectivity index is 2.53. The molecule has 1 fully saturated rings. The lowest BCUT2D eigenvalue weighted by Gasteiger charge is -2.41. The first kappa shape index (κ1) is 61.3. The van der Waals surface area contributed by atoms with Gasteiger partial charge in [0.1, 0.15) is 36.6 Å². The van der Waals surface area contributed by atoms with Gasteiger partial charge in [-0.05, 0) is 70.6 Å². The average molecular weight is 944 g/mol. The van der Waals surface area contributed by atoms with Crippen molar-refractivity contribution in [2.45, 2.75) is 261 Å². The Kier molecular flexibility index (Phi) is 37.9. The number of amides is 1. The summed E-state index contributed by atoms with van der Waals surface area (Å²) in [5, 5.41) is 74.6. The van der Waals surface area contributed by atoms with E-state index in [4.69, 9.17) is 9.05 Å². The van der Waals surface area contributed by atoms with Gasteiger partial charge in [-0.3, -0.25) is 13.8 Å². The van der Waals surface area contributed by atoms with Gasteiger partial charge in [0.25, 0.3) is 0 Å². The maximum Gasteiger partial charge on any atom is 0.472 e. The van der Waals surface area contributed by atoms with Crippen LogP contribution in [0.1, 0.15) is 206 Å². The summed E-state index contributed by atoms with van der Waals surface area (Å²) in [4.78, 5) is 23.5. The van der Waals surface area contributed by atoms with Crippen molar-refractivity contribution in [2.75, 3.05) is 6.61 Å². The van der Waals surface area contributed by atoms with Crippen molar-refractivity contribution in [1.82, 2.24) is 5.32 Å². The molecule has 1 aliphatic rings. The van der Waals surface area contributed by atoms with E-state index in [1.165, 1.54) is 109 Å². The van der Waals surface area contributed by atoms with Crippen molar-refractivity contribution in [3.05, 3.63) is 48.6 Å².